The summed E-state index contributed by atoms with van der Waals surface area (Å²) in [5.41, 5.74) is 0. The van der Waals surface area contributed by atoms with E-state index in [1.54, 1.807) is 0 Å². The fourth-order valence-electron chi connectivity index (χ4n) is 2.10. The van der Waals surface area contributed by atoms with E-state index in [1.807, 2.05) is 4.90 Å². The Morgan fingerprint density at radius 2 is 2.00 bits per heavy atom. The van der Waals surface area contributed by atoms with E-state index < -0.39 is 6.43 Å². The average Bonchev–Trinajstić information content (AvgIpc) is 2.16. The lowest BCUT2D eigenvalue weighted by atomic mass is 10.1. The molecule has 2 atom stereocenters. The lowest BCUT2D eigenvalue weighted by Gasteiger charge is -2.31. The molecule has 0 radical (unpaired) electrons. The highest BCUT2D eigenvalue weighted by molar-refractivity contribution is 4.77. The van der Waals surface area contributed by atoms with Gasteiger partial charge in [-0.2, -0.15) is 0 Å². The Labute approximate surface area is 91.0 Å². The van der Waals surface area contributed by atoms with Crippen LogP contribution < -0.4 is 5.32 Å². The Hall–Kier alpha value is -0.220. The van der Waals surface area contributed by atoms with Gasteiger partial charge in [-0.15, -0.1) is 0 Å². The number of alkyl halides is 2. The SMILES string of the molecule is CCC1CCN(CC(F)F)CCC(C)N1. The van der Waals surface area contributed by atoms with Crippen molar-refractivity contribution in [2.45, 2.75) is 51.6 Å². The Morgan fingerprint density at radius 3 is 2.60 bits per heavy atom. The lowest BCUT2D eigenvalue weighted by molar-refractivity contribution is 0.0793. The smallest absolute Gasteiger partial charge is 0.251 e. The number of nitrogens with one attached hydrogen (secondary N) is 1. The van der Waals surface area contributed by atoms with Gasteiger partial charge >= 0.3 is 0 Å². The molecule has 90 valence electrons. The molecule has 0 bridgehead atoms. The van der Waals surface area contributed by atoms with Crippen molar-refractivity contribution in [1.29, 1.82) is 0 Å². The van der Waals surface area contributed by atoms with Crippen LogP contribution in [0.15, 0.2) is 0 Å². The first-order chi connectivity index (χ1) is 7.11. The molecule has 1 aliphatic rings. The summed E-state index contributed by atoms with van der Waals surface area (Å²) < 4.78 is 24.5. The normalized spacial score (nSPS) is 30.2. The number of hydrogen-bond acceptors (Lipinski definition) is 2. The maximum absolute atomic E-state index is 12.3. The monoisotopic (exact) mass is 220 g/mol. The van der Waals surface area contributed by atoms with E-state index >= 15 is 0 Å². The Bertz CT molecular complexity index is 176. The van der Waals surface area contributed by atoms with E-state index in [4.69, 9.17) is 0 Å². The van der Waals surface area contributed by atoms with Gasteiger partial charge in [-0.25, -0.2) is 8.78 Å². The molecule has 0 amide bonds. The van der Waals surface area contributed by atoms with Crippen LogP contribution in [-0.4, -0.2) is 43.0 Å². The minimum absolute atomic E-state index is 0.0663. The van der Waals surface area contributed by atoms with Crippen LogP contribution >= 0.6 is 0 Å². The number of hydrogen-bond donors (Lipinski definition) is 1. The highest BCUT2D eigenvalue weighted by Crippen LogP contribution is 2.10. The third-order valence-corrected chi connectivity index (χ3v) is 3.08. The van der Waals surface area contributed by atoms with Crippen LogP contribution in [0.3, 0.4) is 0 Å². The zero-order chi connectivity index (χ0) is 11.3. The molecule has 1 rings (SSSR count). The predicted molar refractivity (Wildman–Crippen MR) is 58.4 cm³/mol. The second-order valence-corrected chi connectivity index (χ2v) is 4.44. The molecule has 0 aliphatic carbocycles. The molecule has 4 heteroatoms. The van der Waals surface area contributed by atoms with Crippen LogP contribution in [0.25, 0.3) is 0 Å². The summed E-state index contributed by atoms with van der Waals surface area (Å²) in [6, 6.07) is 0.927. The van der Waals surface area contributed by atoms with Gasteiger partial charge in [0, 0.05) is 12.1 Å². The van der Waals surface area contributed by atoms with E-state index in [0.29, 0.717) is 12.1 Å². The van der Waals surface area contributed by atoms with Gasteiger partial charge in [0.25, 0.3) is 6.43 Å². The van der Waals surface area contributed by atoms with Gasteiger partial charge in [-0.3, -0.25) is 4.90 Å². The number of nitrogens with zero attached hydrogens (tertiary/aromatic N) is 1. The van der Waals surface area contributed by atoms with E-state index in [2.05, 4.69) is 19.2 Å². The molecule has 0 spiro atoms. The summed E-state index contributed by atoms with van der Waals surface area (Å²) in [6.45, 7) is 5.79. The first-order valence-corrected chi connectivity index (χ1v) is 5.88. The third kappa shape index (κ3) is 4.89. The van der Waals surface area contributed by atoms with E-state index in [-0.39, 0.29) is 6.54 Å². The van der Waals surface area contributed by atoms with E-state index in [9.17, 15) is 8.78 Å². The highest BCUT2D eigenvalue weighted by Gasteiger charge is 2.19. The quantitative estimate of drug-likeness (QED) is 0.783. The number of halogens is 2. The Balaban J connectivity index is 2.41. The first kappa shape index (κ1) is 12.8. The van der Waals surface area contributed by atoms with Gasteiger partial charge in [0.1, 0.15) is 0 Å². The highest BCUT2D eigenvalue weighted by atomic mass is 19.3. The first-order valence-electron chi connectivity index (χ1n) is 5.88. The summed E-state index contributed by atoms with van der Waals surface area (Å²) in [7, 11) is 0. The molecule has 2 unspecified atom stereocenters. The van der Waals surface area contributed by atoms with Crippen LogP contribution in [0.4, 0.5) is 8.78 Å². The van der Waals surface area contributed by atoms with Crippen LogP contribution in [0, 0.1) is 0 Å². The predicted octanol–water partition coefficient (Wildman–Crippen LogP) is 2.10. The standard InChI is InChI=1S/C11H22F2N2/c1-3-10-5-7-15(8-11(12)13)6-4-9(2)14-10/h9-11,14H,3-8H2,1-2H3. The molecule has 15 heavy (non-hydrogen) atoms. The molecule has 0 saturated carbocycles. The molecule has 0 aromatic heterocycles. The van der Waals surface area contributed by atoms with Crippen LogP contribution in [0.2, 0.25) is 0 Å². The molecule has 2 nitrogen and oxygen atoms in total. The average molecular weight is 220 g/mol. The zero-order valence-electron chi connectivity index (χ0n) is 9.68. The molecule has 0 aromatic carbocycles. The van der Waals surface area contributed by atoms with E-state index in [1.165, 1.54) is 0 Å². The maximum atomic E-state index is 12.3. The fourth-order valence-corrected chi connectivity index (χ4v) is 2.10. The zero-order valence-corrected chi connectivity index (χ0v) is 9.68. The Morgan fingerprint density at radius 1 is 1.33 bits per heavy atom. The second-order valence-electron chi connectivity index (χ2n) is 4.44. The van der Waals surface area contributed by atoms with Crippen molar-refractivity contribution in [2.24, 2.45) is 0 Å². The van der Waals surface area contributed by atoms with Gasteiger partial charge in [-0.05, 0) is 39.3 Å². The van der Waals surface area contributed by atoms with Crippen molar-refractivity contribution in [1.82, 2.24) is 10.2 Å². The molecule has 1 saturated heterocycles. The number of rotatable bonds is 3. The molecule has 0 aromatic rings. The van der Waals surface area contributed by atoms with Crippen LogP contribution in [0.1, 0.15) is 33.1 Å². The van der Waals surface area contributed by atoms with Gasteiger partial charge in [0.15, 0.2) is 0 Å². The van der Waals surface area contributed by atoms with Crippen molar-refractivity contribution >= 4 is 0 Å². The Kier molecular flexibility index (Phi) is 5.47. The topological polar surface area (TPSA) is 15.3 Å². The minimum Gasteiger partial charge on any atom is -0.311 e. The molecule has 1 N–H and O–H groups in total. The summed E-state index contributed by atoms with van der Waals surface area (Å²) in [5, 5.41) is 3.53. The van der Waals surface area contributed by atoms with Crippen LogP contribution in [0.5, 0.6) is 0 Å². The molecular formula is C11H22F2N2. The van der Waals surface area contributed by atoms with Crippen molar-refractivity contribution in [3.63, 3.8) is 0 Å². The van der Waals surface area contributed by atoms with E-state index in [0.717, 1.165) is 32.4 Å². The third-order valence-electron chi connectivity index (χ3n) is 3.08. The van der Waals surface area contributed by atoms with Crippen LogP contribution in [-0.2, 0) is 0 Å². The maximum Gasteiger partial charge on any atom is 0.251 e. The van der Waals surface area contributed by atoms with Gasteiger partial charge < -0.3 is 5.32 Å². The van der Waals surface area contributed by atoms with Crippen molar-refractivity contribution in [2.75, 3.05) is 19.6 Å². The van der Waals surface area contributed by atoms with Crippen molar-refractivity contribution in [3.8, 4) is 0 Å². The van der Waals surface area contributed by atoms with Gasteiger partial charge in [0.2, 0.25) is 0 Å². The minimum atomic E-state index is -2.20. The van der Waals surface area contributed by atoms with Crippen molar-refractivity contribution in [3.05, 3.63) is 0 Å². The molecule has 1 aliphatic heterocycles. The lowest BCUT2D eigenvalue weighted by Crippen LogP contribution is -2.45. The summed E-state index contributed by atoms with van der Waals surface area (Å²) in [4.78, 5) is 1.89. The molecular weight excluding hydrogens is 198 g/mol. The summed E-state index contributed by atoms with van der Waals surface area (Å²) in [5.74, 6) is 0. The second kappa shape index (κ2) is 6.38. The summed E-state index contributed by atoms with van der Waals surface area (Å²) >= 11 is 0. The van der Waals surface area contributed by atoms with Gasteiger partial charge in [-0.1, -0.05) is 6.92 Å². The summed E-state index contributed by atoms with van der Waals surface area (Å²) in [6.07, 6.45) is 0.816. The van der Waals surface area contributed by atoms with Gasteiger partial charge in [0.05, 0.1) is 6.54 Å². The largest absolute Gasteiger partial charge is 0.311 e. The molecule has 1 fully saturated rings. The molecule has 1 heterocycles. The fraction of sp³-hybridized carbons (Fsp3) is 1.00. The van der Waals surface area contributed by atoms with Crippen molar-refractivity contribution < 1.29 is 8.78 Å².